The monoisotopic (exact) mass is 402 g/mol. The number of hydrogen-bond acceptors (Lipinski definition) is 5. The van der Waals surface area contributed by atoms with Gasteiger partial charge in [0.15, 0.2) is 0 Å². The van der Waals surface area contributed by atoms with Gasteiger partial charge in [-0.3, -0.25) is 0 Å². The van der Waals surface area contributed by atoms with Gasteiger partial charge in [0.1, 0.15) is 12.4 Å². The average Bonchev–Trinajstić information content (AvgIpc) is 2.78. The molecule has 5 heteroatoms. The van der Waals surface area contributed by atoms with Crippen LogP contribution in [0.2, 0.25) is 0 Å². The van der Waals surface area contributed by atoms with E-state index in [1.165, 1.54) is 7.11 Å². The van der Waals surface area contributed by atoms with Gasteiger partial charge in [-0.1, -0.05) is 24.3 Å². The molecule has 3 aromatic carbocycles. The number of ether oxygens (including phenoxy) is 2. The summed E-state index contributed by atoms with van der Waals surface area (Å²) in [6, 6.07) is 17.6. The first-order valence-corrected chi connectivity index (χ1v) is 10.2. The van der Waals surface area contributed by atoms with Gasteiger partial charge in [0, 0.05) is 47.2 Å². The predicted octanol–water partition coefficient (Wildman–Crippen LogP) is 5.13. The minimum Gasteiger partial charge on any atom is -0.488 e. The van der Waals surface area contributed by atoms with Crippen molar-refractivity contribution in [2.45, 2.75) is 20.5 Å². The van der Waals surface area contributed by atoms with Crippen LogP contribution in [0.5, 0.6) is 5.75 Å². The molecule has 5 nitrogen and oxygen atoms in total. The lowest BCUT2D eigenvalue weighted by atomic mass is 9.87. The second-order valence-corrected chi connectivity index (χ2v) is 7.24. The highest BCUT2D eigenvalue weighted by molar-refractivity contribution is 6.00. The third-order valence-electron chi connectivity index (χ3n) is 5.66. The van der Waals surface area contributed by atoms with Crippen LogP contribution in [0.25, 0.3) is 22.3 Å². The van der Waals surface area contributed by atoms with Crippen molar-refractivity contribution >= 4 is 17.3 Å². The molecular formula is C25H26N2O3. The van der Waals surface area contributed by atoms with Crippen molar-refractivity contribution in [3.8, 4) is 28.0 Å². The highest BCUT2D eigenvalue weighted by Crippen LogP contribution is 2.47. The number of esters is 1. The smallest absolute Gasteiger partial charge is 0.338 e. The molecule has 1 heterocycles. The van der Waals surface area contributed by atoms with Gasteiger partial charge in [-0.15, -0.1) is 0 Å². The standard InChI is InChI=1S/C25H26N2O3/c1-4-27(5-2)22-13-12-18(17-8-6-7-9-19(17)25(28)29-3)21-15-30-23-14-16(26)10-11-20(23)24(21)22/h6-14H,4-5,15,26H2,1-3H3. The Morgan fingerprint density at radius 2 is 1.77 bits per heavy atom. The molecule has 0 fully saturated rings. The number of hydrogen-bond donors (Lipinski definition) is 1. The zero-order valence-corrected chi connectivity index (χ0v) is 17.6. The van der Waals surface area contributed by atoms with Gasteiger partial charge in [-0.2, -0.15) is 0 Å². The molecule has 0 spiro atoms. The Labute approximate surface area is 177 Å². The fraction of sp³-hybridized carbons (Fsp3) is 0.240. The number of methoxy groups -OCH3 is 1. The van der Waals surface area contributed by atoms with E-state index in [9.17, 15) is 4.79 Å². The van der Waals surface area contributed by atoms with Gasteiger partial charge in [-0.05, 0) is 49.2 Å². The first-order valence-electron chi connectivity index (χ1n) is 10.2. The number of carbonyl (C=O) groups is 1. The Balaban J connectivity index is 2.01. The Kier molecular flexibility index (Phi) is 5.36. The molecule has 0 amide bonds. The van der Waals surface area contributed by atoms with E-state index in [1.807, 2.05) is 36.4 Å². The number of carbonyl (C=O) groups excluding carboxylic acids is 1. The lowest BCUT2D eigenvalue weighted by molar-refractivity contribution is 0.0601. The third kappa shape index (κ3) is 3.26. The van der Waals surface area contributed by atoms with Crippen LogP contribution in [0.4, 0.5) is 11.4 Å². The zero-order valence-electron chi connectivity index (χ0n) is 17.6. The molecule has 0 aliphatic carbocycles. The number of fused-ring (bicyclic) bond motifs is 3. The topological polar surface area (TPSA) is 64.8 Å². The summed E-state index contributed by atoms with van der Waals surface area (Å²) < 4.78 is 11.1. The molecule has 0 bridgehead atoms. The summed E-state index contributed by atoms with van der Waals surface area (Å²) in [7, 11) is 1.40. The first-order chi connectivity index (χ1) is 14.6. The van der Waals surface area contributed by atoms with Crippen LogP contribution in [0.15, 0.2) is 54.6 Å². The summed E-state index contributed by atoms with van der Waals surface area (Å²) in [5, 5.41) is 0. The van der Waals surface area contributed by atoms with Gasteiger partial charge < -0.3 is 20.1 Å². The van der Waals surface area contributed by atoms with Crippen molar-refractivity contribution in [3.05, 3.63) is 65.7 Å². The van der Waals surface area contributed by atoms with Crippen molar-refractivity contribution in [2.75, 3.05) is 30.8 Å². The summed E-state index contributed by atoms with van der Waals surface area (Å²) in [6.07, 6.45) is 0. The summed E-state index contributed by atoms with van der Waals surface area (Å²) >= 11 is 0. The van der Waals surface area contributed by atoms with E-state index in [4.69, 9.17) is 15.2 Å². The Morgan fingerprint density at radius 3 is 2.50 bits per heavy atom. The van der Waals surface area contributed by atoms with Gasteiger partial charge in [0.2, 0.25) is 0 Å². The fourth-order valence-electron chi connectivity index (χ4n) is 4.19. The third-order valence-corrected chi connectivity index (χ3v) is 5.66. The van der Waals surface area contributed by atoms with Crippen molar-refractivity contribution in [1.29, 1.82) is 0 Å². The van der Waals surface area contributed by atoms with Crippen LogP contribution in [0.1, 0.15) is 29.8 Å². The highest BCUT2D eigenvalue weighted by atomic mass is 16.5. The first kappa shape index (κ1) is 19.8. The highest BCUT2D eigenvalue weighted by Gasteiger charge is 2.27. The van der Waals surface area contributed by atoms with Gasteiger partial charge in [0.05, 0.1) is 12.7 Å². The molecule has 154 valence electrons. The molecule has 1 aliphatic rings. The van der Waals surface area contributed by atoms with Crippen molar-refractivity contribution < 1.29 is 14.3 Å². The number of nitrogens with zero attached hydrogens (tertiary/aromatic N) is 1. The molecule has 0 atom stereocenters. The minimum atomic E-state index is -0.350. The van der Waals surface area contributed by atoms with Gasteiger partial charge in [0.25, 0.3) is 0 Å². The summed E-state index contributed by atoms with van der Waals surface area (Å²) in [5.41, 5.74) is 13.4. The van der Waals surface area contributed by atoms with Crippen LogP contribution in [0, 0.1) is 0 Å². The second-order valence-electron chi connectivity index (χ2n) is 7.24. The second kappa shape index (κ2) is 8.11. The molecule has 0 aromatic heterocycles. The van der Waals surface area contributed by atoms with E-state index >= 15 is 0 Å². The minimum absolute atomic E-state index is 0.350. The van der Waals surface area contributed by atoms with E-state index in [0.29, 0.717) is 17.9 Å². The lowest BCUT2D eigenvalue weighted by Crippen LogP contribution is -2.24. The maximum Gasteiger partial charge on any atom is 0.338 e. The normalized spacial score (nSPS) is 11.8. The molecule has 0 saturated heterocycles. The number of benzene rings is 3. The molecule has 0 radical (unpaired) electrons. The van der Waals surface area contributed by atoms with Gasteiger partial charge in [-0.25, -0.2) is 4.79 Å². The predicted molar refractivity (Wildman–Crippen MR) is 121 cm³/mol. The van der Waals surface area contributed by atoms with E-state index in [2.05, 4.69) is 30.9 Å². The van der Waals surface area contributed by atoms with E-state index in [1.54, 1.807) is 6.07 Å². The molecule has 1 aliphatic heterocycles. The van der Waals surface area contributed by atoms with E-state index in [0.717, 1.165) is 52.3 Å². The van der Waals surface area contributed by atoms with Crippen LogP contribution < -0.4 is 15.4 Å². The number of rotatable bonds is 5. The maximum absolute atomic E-state index is 12.4. The number of nitrogen functional groups attached to an aromatic ring is 1. The SMILES string of the molecule is CCN(CC)c1ccc(-c2ccccc2C(=O)OC)c2c1-c1ccc(N)cc1OC2. The molecule has 0 unspecified atom stereocenters. The molecule has 4 rings (SSSR count). The number of anilines is 2. The van der Waals surface area contributed by atoms with Crippen molar-refractivity contribution in [3.63, 3.8) is 0 Å². The van der Waals surface area contributed by atoms with Crippen LogP contribution >= 0.6 is 0 Å². The quantitative estimate of drug-likeness (QED) is 0.474. The molecular weight excluding hydrogens is 376 g/mol. The van der Waals surface area contributed by atoms with Crippen molar-refractivity contribution in [2.24, 2.45) is 0 Å². The van der Waals surface area contributed by atoms with E-state index in [-0.39, 0.29) is 5.97 Å². The molecule has 2 N–H and O–H groups in total. The van der Waals surface area contributed by atoms with Crippen LogP contribution in [-0.4, -0.2) is 26.2 Å². The number of nitrogens with two attached hydrogens (primary N) is 1. The molecule has 3 aromatic rings. The summed E-state index contributed by atoms with van der Waals surface area (Å²) in [4.78, 5) is 14.7. The Morgan fingerprint density at radius 1 is 1.03 bits per heavy atom. The largest absolute Gasteiger partial charge is 0.488 e. The van der Waals surface area contributed by atoms with Crippen LogP contribution in [-0.2, 0) is 11.3 Å². The lowest BCUT2D eigenvalue weighted by Gasteiger charge is -2.31. The molecule has 30 heavy (non-hydrogen) atoms. The summed E-state index contributed by atoms with van der Waals surface area (Å²) in [6.45, 7) is 6.50. The van der Waals surface area contributed by atoms with Gasteiger partial charge >= 0.3 is 5.97 Å². The Hall–Kier alpha value is -3.47. The molecule has 0 saturated carbocycles. The summed E-state index contributed by atoms with van der Waals surface area (Å²) in [5.74, 6) is 0.436. The zero-order chi connectivity index (χ0) is 21.3. The fourth-order valence-corrected chi connectivity index (χ4v) is 4.19. The van der Waals surface area contributed by atoms with Crippen molar-refractivity contribution in [1.82, 2.24) is 0 Å². The maximum atomic E-state index is 12.4. The van der Waals surface area contributed by atoms with E-state index < -0.39 is 0 Å². The van der Waals surface area contributed by atoms with Crippen LogP contribution in [0.3, 0.4) is 0 Å². The Bertz CT molecular complexity index is 1100. The average molecular weight is 402 g/mol.